The maximum atomic E-state index is 14.5. The lowest BCUT2D eigenvalue weighted by Crippen LogP contribution is -2.39. The number of hydrogen-bond donors (Lipinski definition) is 0. The Balaban J connectivity index is 0.0000436. The van der Waals surface area contributed by atoms with Crippen molar-refractivity contribution in [3.63, 3.8) is 0 Å². The van der Waals surface area contributed by atoms with Gasteiger partial charge in [-0.2, -0.15) is 0 Å². The van der Waals surface area contributed by atoms with Crippen molar-refractivity contribution >= 4 is 17.8 Å². The van der Waals surface area contributed by atoms with Crippen LogP contribution in [0.25, 0.3) is 0 Å². The molecule has 7 heteroatoms. The minimum Gasteiger partial charge on any atom is -0.465 e. The van der Waals surface area contributed by atoms with Crippen LogP contribution in [0.1, 0.15) is 305 Å². The van der Waals surface area contributed by atoms with Crippen molar-refractivity contribution in [2.45, 2.75) is 305 Å². The van der Waals surface area contributed by atoms with Crippen molar-refractivity contribution in [3.8, 4) is 0 Å². The van der Waals surface area contributed by atoms with E-state index in [-0.39, 0.29) is 25.3 Å². The van der Waals surface area contributed by atoms with Gasteiger partial charge in [0.2, 0.25) is 5.91 Å². The predicted molar refractivity (Wildman–Crippen MR) is 290 cm³/mol. The van der Waals surface area contributed by atoms with E-state index in [2.05, 4.69) is 44.4 Å². The van der Waals surface area contributed by atoms with Crippen molar-refractivity contribution in [2.75, 3.05) is 45.9 Å². The molecule has 0 bridgehead atoms. The highest BCUT2D eigenvalue weighted by atomic mass is 16.5. The first kappa shape index (κ1) is 65.4. The lowest BCUT2D eigenvalue weighted by atomic mass is 9.92. The van der Waals surface area contributed by atoms with Crippen LogP contribution in [0.2, 0.25) is 0 Å². The fourth-order valence-corrected chi connectivity index (χ4v) is 10.2. The fraction of sp³-hybridized carbons (Fsp3) is 0.950. The third kappa shape index (κ3) is 39.7. The molecule has 1 amide bonds. The van der Waals surface area contributed by atoms with Gasteiger partial charge in [0.15, 0.2) is 0 Å². The molecular weight excluding hydrogens is 829 g/mol. The van der Waals surface area contributed by atoms with Crippen LogP contribution in [-0.4, -0.2) is 73.6 Å². The summed E-state index contributed by atoms with van der Waals surface area (Å²) in [5, 5.41) is 0. The zero-order valence-corrected chi connectivity index (χ0v) is 45.1. The number of amides is 1. The fourth-order valence-electron chi connectivity index (χ4n) is 10.2. The van der Waals surface area contributed by atoms with Gasteiger partial charge in [0.05, 0.1) is 13.2 Å². The molecule has 7 nitrogen and oxygen atoms in total. The monoisotopic (exact) mass is 947 g/mol. The summed E-state index contributed by atoms with van der Waals surface area (Å²) in [6, 6.07) is 0. The van der Waals surface area contributed by atoms with Crippen LogP contribution in [0, 0.1) is 17.8 Å². The largest absolute Gasteiger partial charge is 0.465 e. The zero-order valence-electron chi connectivity index (χ0n) is 45.1. The summed E-state index contributed by atoms with van der Waals surface area (Å²) in [5.41, 5.74) is 0. The van der Waals surface area contributed by atoms with E-state index in [4.69, 9.17) is 9.47 Å². The molecule has 0 aromatic heterocycles. The first-order valence-corrected chi connectivity index (χ1v) is 29.7. The van der Waals surface area contributed by atoms with Gasteiger partial charge in [-0.1, -0.05) is 215 Å². The van der Waals surface area contributed by atoms with E-state index < -0.39 is 0 Å². The molecule has 2 unspecified atom stereocenters. The molecule has 1 rings (SSSR count). The molecule has 0 N–H and O–H groups in total. The van der Waals surface area contributed by atoms with Gasteiger partial charge in [-0.05, 0) is 109 Å². The van der Waals surface area contributed by atoms with Crippen molar-refractivity contribution in [1.29, 1.82) is 0 Å². The average Bonchev–Trinajstić information content (AvgIpc) is 3.85. The molecule has 1 heterocycles. The Bertz CT molecular complexity index is 1020. The Morgan fingerprint density at radius 3 is 1.21 bits per heavy atom. The lowest BCUT2D eigenvalue weighted by Gasteiger charge is -2.29. The maximum absolute atomic E-state index is 14.5. The standard InChI is InChI=1S/C59H114N2O5.CH4/c1-6-11-16-19-28-35-50-61(51-38-49-60-47-36-37-48-60)59(64)56(43-31-24-20-22-26-33-45-57(62)65-52-54(39-14-9-4)41-29-17-12-7-2)44-32-25-21-23-27-34-46-58(63)66-53-55(40-15-10-5)42-30-18-13-8-3;/h54-56H,6-53H2,1-5H3;1H4. The first-order valence-electron chi connectivity index (χ1n) is 29.7. The summed E-state index contributed by atoms with van der Waals surface area (Å²) >= 11 is 0. The van der Waals surface area contributed by atoms with E-state index in [0.29, 0.717) is 43.8 Å². The van der Waals surface area contributed by atoms with Crippen molar-refractivity contribution in [3.05, 3.63) is 0 Å². The van der Waals surface area contributed by atoms with Crippen LogP contribution in [0.4, 0.5) is 0 Å². The molecule has 0 spiro atoms. The number of nitrogens with zero attached hydrogens (tertiary/aromatic N) is 2. The van der Waals surface area contributed by atoms with Gasteiger partial charge in [-0.15, -0.1) is 0 Å². The Morgan fingerprint density at radius 1 is 0.418 bits per heavy atom. The molecule has 0 saturated carbocycles. The van der Waals surface area contributed by atoms with Gasteiger partial charge >= 0.3 is 11.9 Å². The summed E-state index contributed by atoms with van der Waals surface area (Å²) in [4.78, 5) is 44.5. The third-order valence-electron chi connectivity index (χ3n) is 14.7. The Morgan fingerprint density at radius 2 is 0.761 bits per heavy atom. The molecule has 0 aliphatic carbocycles. The zero-order chi connectivity index (χ0) is 48.0. The second-order valence-electron chi connectivity index (χ2n) is 21.1. The summed E-state index contributed by atoms with van der Waals surface area (Å²) in [5.74, 6) is 1.59. The minimum atomic E-state index is -0.00748. The average molecular weight is 948 g/mol. The van der Waals surface area contributed by atoms with E-state index in [1.54, 1.807) is 0 Å². The summed E-state index contributed by atoms with van der Waals surface area (Å²) in [6.07, 6.45) is 47.4. The van der Waals surface area contributed by atoms with Crippen LogP contribution in [0.5, 0.6) is 0 Å². The van der Waals surface area contributed by atoms with Gasteiger partial charge < -0.3 is 19.3 Å². The van der Waals surface area contributed by atoms with Gasteiger partial charge in [0.25, 0.3) is 0 Å². The third-order valence-corrected chi connectivity index (χ3v) is 14.7. The van der Waals surface area contributed by atoms with E-state index in [9.17, 15) is 14.4 Å². The highest BCUT2D eigenvalue weighted by Crippen LogP contribution is 2.24. The van der Waals surface area contributed by atoms with E-state index >= 15 is 0 Å². The van der Waals surface area contributed by atoms with Crippen molar-refractivity contribution in [1.82, 2.24) is 9.80 Å². The first-order chi connectivity index (χ1) is 32.4. The Hall–Kier alpha value is -1.63. The predicted octanol–water partition coefficient (Wildman–Crippen LogP) is 17.8. The molecule has 1 aliphatic heterocycles. The normalized spacial score (nSPS) is 14.2. The minimum absolute atomic E-state index is 0. The molecule has 2 atom stereocenters. The molecule has 398 valence electrons. The van der Waals surface area contributed by atoms with Gasteiger partial charge in [-0.25, -0.2) is 0 Å². The van der Waals surface area contributed by atoms with Gasteiger partial charge in [-0.3, -0.25) is 14.4 Å². The van der Waals surface area contributed by atoms with Crippen LogP contribution >= 0.6 is 0 Å². The number of hydrogen-bond acceptors (Lipinski definition) is 6. The summed E-state index contributed by atoms with van der Waals surface area (Å²) in [6.45, 7) is 17.9. The molecule has 1 fully saturated rings. The summed E-state index contributed by atoms with van der Waals surface area (Å²) < 4.78 is 11.6. The van der Waals surface area contributed by atoms with Crippen LogP contribution in [-0.2, 0) is 23.9 Å². The second-order valence-corrected chi connectivity index (χ2v) is 21.1. The molecule has 1 saturated heterocycles. The number of esters is 2. The number of unbranched alkanes of at least 4 members (excludes halogenated alkanes) is 23. The van der Waals surface area contributed by atoms with E-state index in [1.165, 1.54) is 186 Å². The number of carbonyl (C=O) groups is 3. The molecule has 1 aliphatic rings. The number of rotatable bonds is 50. The highest BCUT2D eigenvalue weighted by molar-refractivity contribution is 5.78. The molecular formula is C60H118N2O5. The molecule has 67 heavy (non-hydrogen) atoms. The maximum Gasteiger partial charge on any atom is 0.305 e. The molecule has 0 aromatic rings. The smallest absolute Gasteiger partial charge is 0.305 e. The Labute approximate surface area is 419 Å². The number of ether oxygens (including phenoxy) is 2. The Kier molecular flexibility index (Phi) is 48.2. The van der Waals surface area contributed by atoms with E-state index in [1.807, 2.05) is 0 Å². The second kappa shape index (κ2) is 49.4. The van der Waals surface area contributed by atoms with Crippen molar-refractivity contribution in [2.24, 2.45) is 17.8 Å². The molecule has 0 radical (unpaired) electrons. The van der Waals surface area contributed by atoms with Crippen LogP contribution in [0.15, 0.2) is 0 Å². The lowest BCUT2D eigenvalue weighted by molar-refractivity contribution is -0.146. The molecule has 0 aromatic carbocycles. The van der Waals surface area contributed by atoms with Crippen molar-refractivity contribution < 1.29 is 23.9 Å². The highest BCUT2D eigenvalue weighted by Gasteiger charge is 2.24. The SMILES string of the molecule is C.CCCCCCCCN(CCCN1CCCC1)C(=O)C(CCCCCCCCC(=O)OCC(CCCC)CCCCCC)CCCCCCCCC(=O)OCC(CCCC)CCCCCC. The van der Waals surface area contributed by atoms with Gasteiger partial charge in [0, 0.05) is 31.8 Å². The summed E-state index contributed by atoms with van der Waals surface area (Å²) in [7, 11) is 0. The van der Waals surface area contributed by atoms with Crippen LogP contribution < -0.4 is 0 Å². The topological polar surface area (TPSA) is 76.2 Å². The van der Waals surface area contributed by atoms with E-state index in [0.717, 1.165) is 96.7 Å². The van der Waals surface area contributed by atoms with Gasteiger partial charge in [0.1, 0.15) is 0 Å². The number of carbonyl (C=O) groups excluding carboxylic acids is 3. The quantitative estimate of drug-likeness (QED) is 0.0447. The number of likely N-dealkylation sites (tertiary alicyclic amines) is 1. The van der Waals surface area contributed by atoms with Crippen LogP contribution in [0.3, 0.4) is 0 Å².